The Kier molecular flexibility index (Phi) is 7.18. The molecule has 40 heavy (non-hydrogen) atoms. The zero-order chi connectivity index (χ0) is 29.0. The molecule has 2 amide bonds. The summed E-state index contributed by atoms with van der Waals surface area (Å²) in [5.41, 5.74) is -3.12. The number of fused-ring (bicyclic) bond motifs is 3. The Morgan fingerprint density at radius 2 is 1.68 bits per heavy atom. The van der Waals surface area contributed by atoms with E-state index in [0.29, 0.717) is 16.2 Å². The van der Waals surface area contributed by atoms with Crippen LogP contribution in [-0.2, 0) is 21.6 Å². The molecular weight excluding hydrogens is 592 g/mol. The second kappa shape index (κ2) is 10.2. The van der Waals surface area contributed by atoms with E-state index in [1.807, 2.05) is 0 Å². The first-order valence-corrected chi connectivity index (χ1v) is 12.9. The lowest BCUT2D eigenvalue weighted by Gasteiger charge is -2.50. The maximum absolute atomic E-state index is 15.7. The van der Waals surface area contributed by atoms with Crippen molar-refractivity contribution >= 4 is 52.5 Å². The van der Waals surface area contributed by atoms with Crippen molar-refractivity contribution in [2.45, 2.75) is 24.2 Å². The number of hydrogen-bond donors (Lipinski definition) is 0. The minimum absolute atomic E-state index is 0.00760. The van der Waals surface area contributed by atoms with E-state index < -0.39 is 29.6 Å². The summed E-state index contributed by atoms with van der Waals surface area (Å²) in [4.78, 5) is 28.8. The summed E-state index contributed by atoms with van der Waals surface area (Å²) >= 11 is 18.5. The van der Waals surface area contributed by atoms with Crippen LogP contribution in [0, 0.1) is 0 Å². The van der Waals surface area contributed by atoms with Crippen LogP contribution < -0.4 is 9.64 Å². The fourth-order valence-corrected chi connectivity index (χ4v) is 5.85. The molecule has 0 unspecified atom stereocenters. The molecule has 208 valence electrons. The van der Waals surface area contributed by atoms with Gasteiger partial charge in [0.05, 0.1) is 48.0 Å². The number of alkyl halides is 3. The summed E-state index contributed by atoms with van der Waals surface area (Å²) in [6.07, 6.45) is -4.20. The largest absolute Gasteiger partial charge is 0.497 e. The first kappa shape index (κ1) is 28.1. The SMILES string of the molecule is COC(=O)C1=CN2C(=O)N(Cc3ccc(OC)cc3)c3ccc(Cl)cc3[C@]2(C(F)(F)F)[C@@H]1c1ccc(Cl)c(Cl)c1. The lowest BCUT2D eigenvalue weighted by Crippen LogP contribution is -2.63. The van der Waals surface area contributed by atoms with Crippen LogP contribution in [0.1, 0.15) is 22.6 Å². The maximum Gasteiger partial charge on any atom is 0.417 e. The average Bonchev–Trinajstić information content (AvgIpc) is 3.30. The molecule has 2 aliphatic rings. The molecule has 12 heteroatoms. The lowest BCUT2D eigenvalue weighted by atomic mass is 9.70. The summed E-state index contributed by atoms with van der Waals surface area (Å²) in [5, 5.41) is 0.105. The number of hydrogen-bond acceptors (Lipinski definition) is 4. The molecule has 3 aromatic carbocycles. The van der Waals surface area contributed by atoms with E-state index in [1.165, 1.54) is 48.4 Å². The third kappa shape index (κ3) is 4.27. The molecule has 0 saturated heterocycles. The van der Waals surface area contributed by atoms with Crippen LogP contribution in [-0.4, -0.2) is 37.3 Å². The number of nitrogens with zero attached hydrogens (tertiary/aromatic N) is 2. The smallest absolute Gasteiger partial charge is 0.417 e. The normalized spacial score (nSPS) is 20.1. The predicted octanol–water partition coefficient (Wildman–Crippen LogP) is 7.71. The van der Waals surface area contributed by atoms with Crippen molar-refractivity contribution in [1.82, 2.24) is 4.90 Å². The van der Waals surface area contributed by atoms with Gasteiger partial charge < -0.3 is 9.47 Å². The molecule has 2 heterocycles. The van der Waals surface area contributed by atoms with Gasteiger partial charge in [-0.3, -0.25) is 9.80 Å². The van der Waals surface area contributed by atoms with Gasteiger partial charge in [0.15, 0.2) is 5.54 Å². The van der Waals surface area contributed by atoms with Gasteiger partial charge in [0, 0.05) is 16.8 Å². The summed E-state index contributed by atoms with van der Waals surface area (Å²) in [6.45, 7) is -0.0687. The van der Waals surface area contributed by atoms with Crippen LogP contribution in [0.15, 0.2) is 72.4 Å². The first-order valence-electron chi connectivity index (χ1n) is 11.8. The zero-order valence-electron chi connectivity index (χ0n) is 20.9. The van der Waals surface area contributed by atoms with E-state index in [0.717, 1.165) is 13.3 Å². The summed E-state index contributed by atoms with van der Waals surface area (Å²) < 4.78 is 57.0. The van der Waals surface area contributed by atoms with Crippen molar-refractivity contribution in [3.63, 3.8) is 0 Å². The van der Waals surface area contributed by atoms with Crippen LogP contribution >= 0.6 is 34.8 Å². The molecular formula is C28H20Cl3F3N2O4. The van der Waals surface area contributed by atoms with Crippen molar-refractivity contribution in [2.75, 3.05) is 19.1 Å². The van der Waals surface area contributed by atoms with Gasteiger partial charge in [0.25, 0.3) is 0 Å². The van der Waals surface area contributed by atoms with Gasteiger partial charge in [0.2, 0.25) is 0 Å². The molecule has 0 saturated carbocycles. The Morgan fingerprint density at radius 3 is 2.27 bits per heavy atom. The predicted molar refractivity (Wildman–Crippen MR) is 145 cm³/mol. The fourth-order valence-electron chi connectivity index (χ4n) is 5.37. The zero-order valence-corrected chi connectivity index (χ0v) is 23.2. The minimum Gasteiger partial charge on any atom is -0.497 e. The van der Waals surface area contributed by atoms with Gasteiger partial charge in [-0.05, 0) is 53.6 Å². The molecule has 0 fully saturated rings. The Morgan fingerprint density at radius 1 is 0.975 bits per heavy atom. The second-order valence-corrected chi connectivity index (χ2v) is 10.4. The Labute approximate surface area is 242 Å². The third-order valence-corrected chi connectivity index (χ3v) is 8.08. The van der Waals surface area contributed by atoms with Crippen LogP contribution in [0.5, 0.6) is 5.75 Å². The number of esters is 1. The molecule has 0 aliphatic carbocycles. The van der Waals surface area contributed by atoms with Crippen LogP contribution in [0.2, 0.25) is 15.1 Å². The molecule has 5 rings (SSSR count). The first-order chi connectivity index (χ1) is 18.9. The lowest BCUT2D eigenvalue weighted by molar-refractivity contribution is -0.223. The quantitative estimate of drug-likeness (QED) is 0.277. The van der Waals surface area contributed by atoms with Gasteiger partial charge in [0.1, 0.15) is 5.75 Å². The molecule has 0 radical (unpaired) electrons. The van der Waals surface area contributed by atoms with Gasteiger partial charge in [-0.1, -0.05) is 53.0 Å². The number of urea groups is 1. The number of ether oxygens (including phenoxy) is 2. The van der Waals surface area contributed by atoms with Crippen molar-refractivity contribution < 1.29 is 32.2 Å². The van der Waals surface area contributed by atoms with Crippen LogP contribution in [0.4, 0.5) is 23.7 Å². The maximum atomic E-state index is 15.7. The van der Waals surface area contributed by atoms with E-state index >= 15 is 13.2 Å². The molecule has 0 bridgehead atoms. The van der Waals surface area contributed by atoms with Crippen molar-refractivity contribution in [3.05, 3.63) is 104 Å². The molecule has 0 aromatic heterocycles. The molecule has 0 N–H and O–H groups in total. The van der Waals surface area contributed by atoms with E-state index in [1.54, 1.807) is 24.3 Å². The highest BCUT2D eigenvalue weighted by Crippen LogP contribution is 2.63. The summed E-state index contributed by atoms with van der Waals surface area (Å²) in [6, 6.07) is 13.6. The average molecular weight is 612 g/mol. The number of carbonyl (C=O) groups excluding carboxylic acids is 2. The Bertz CT molecular complexity index is 1540. The van der Waals surface area contributed by atoms with Crippen molar-refractivity contribution in [1.29, 1.82) is 0 Å². The van der Waals surface area contributed by atoms with Crippen LogP contribution in [0.25, 0.3) is 0 Å². The standard InChI is InChI=1S/C28H20Cl3F3N2O4/c1-39-18-7-3-15(4-8-18)13-35-23-10-6-17(29)12-20(23)27(28(32,33)34)24(16-5-9-21(30)22(31)11-16)19(25(37)40-2)14-36(27)26(35)38/h3-12,14,24H,13H2,1-2H3/t24-,27-/m1/s1. The van der Waals surface area contributed by atoms with Crippen LogP contribution in [0.3, 0.4) is 0 Å². The van der Waals surface area contributed by atoms with Gasteiger partial charge in [-0.25, -0.2) is 9.59 Å². The van der Waals surface area contributed by atoms with Gasteiger partial charge in [-0.2, -0.15) is 13.2 Å². The van der Waals surface area contributed by atoms with E-state index in [9.17, 15) is 9.59 Å². The number of carbonyl (C=O) groups is 2. The molecule has 0 spiro atoms. The van der Waals surface area contributed by atoms with Crippen molar-refractivity contribution in [3.8, 4) is 5.75 Å². The molecule has 2 atom stereocenters. The molecule has 2 aliphatic heterocycles. The molecule has 3 aromatic rings. The number of benzene rings is 3. The highest BCUT2D eigenvalue weighted by atomic mass is 35.5. The van der Waals surface area contributed by atoms with Crippen molar-refractivity contribution in [2.24, 2.45) is 0 Å². The fraction of sp³-hybridized carbons (Fsp3) is 0.214. The Hall–Kier alpha value is -3.40. The number of amides is 2. The number of anilines is 1. The van der Waals surface area contributed by atoms with Gasteiger partial charge in [-0.15, -0.1) is 0 Å². The minimum atomic E-state index is -5.10. The summed E-state index contributed by atoms with van der Waals surface area (Å²) in [5.74, 6) is -2.21. The summed E-state index contributed by atoms with van der Waals surface area (Å²) in [7, 11) is 2.55. The number of rotatable bonds is 5. The van der Waals surface area contributed by atoms with E-state index in [-0.39, 0.29) is 44.0 Å². The monoisotopic (exact) mass is 610 g/mol. The highest BCUT2D eigenvalue weighted by Gasteiger charge is 2.72. The second-order valence-electron chi connectivity index (χ2n) is 9.19. The van der Waals surface area contributed by atoms with E-state index in [4.69, 9.17) is 44.3 Å². The van der Waals surface area contributed by atoms with E-state index in [2.05, 4.69) is 0 Å². The van der Waals surface area contributed by atoms with Gasteiger partial charge >= 0.3 is 18.2 Å². The third-order valence-electron chi connectivity index (χ3n) is 7.10. The molecule has 6 nitrogen and oxygen atoms in total. The topological polar surface area (TPSA) is 59.1 Å². The highest BCUT2D eigenvalue weighted by molar-refractivity contribution is 6.42. The number of halogens is 6. The Balaban J connectivity index is 1.80. The number of methoxy groups -OCH3 is 2.